The van der Waals surface area contributed by atoms with Crippen LogP contribution in [0.4, 0.5) is 10.1 Å². The van der Waals surface area contributed by atoms with Gasteiger partial charge in [-0.3, -0.25) is 0 Å². The number of nitrogens with one attached hydrogen (secondary N) is 1. The highest BCUT2D eigenvalue weighted by Gasteiger charge is 2.00. The number of halogens is 1. The summed E-state index contributed by atoms with van der Waals surface area (Å²) in [6, 6.07) is 15.2. The fraction of sp³-hybridized carbons (Fsp3) is 0.250. The van der Waals surface area contributed by atoms with Gasteiger partial charge in [0.1, 0.15) is 5.82 Å². The molecule has 3 heteroatoms. The molecule has 0 atom stereocenters. The summed E-state index contributed by atoms with van der Waals surface area (Å²) in [5, 5.41) is 3.12. The van der Waals surface area contributed by atoms with E-state index in [0.717, 1.165) is 18.1 Å². The number of thioether (sulfide) groups is 1. The van der Waals surface area contributed by atoms with Gasteiger partial charge in [0, 0.05) is 18.1 Å². The van der Waals surface area contributed by atoms with E-state index in [0.29, 0.717) is 5.69 Å². The van der Waals surface area contributed by atoms with Crippen LogP contribution in [0.1, 0.15) is 11.1 Å². The maximum absolute atomic E-state index is 13.3. The minimum atomic E-state index is -0.189. The molecule has 1 nitrogen and oxygen atoms in total. The maximum atomic E-state index is 13.3. The molecule has 0 amide bonds. The number of anilines is 1. The molecule has 100 valence electrons. The van der Waals surface area contributed by atoms with E-state index in [9.17, 15) is 4.39 Å². The minimum Gasteiger partial charge on any atom is -0.382 e. The molecule has 0 saturated carbocycles. The SMILES string of the molecule is Cc1ccccc1CSCCNc1ccccc1F. The van der Waals surface area contributed by atoms with Crippen molar-refractivity contribution >= 4 is 17.4 Å². The van der Waals surface area contributed by atoms with Gasteiger partial charge in [-0.05, 0) is 30.2 Å². The summed E-state index contributed by atoms with van der Waals surface area (Å²) < 4.78 is 13.3. The van der Waals surface area contributed by atoms with Crippen LogP contribution in [0.2, 0.25) is 0 Å². The van der Waals surface area contributed by atoms with E-state index in [1.54, 1.807) is 12.1 Å². The molecule has 0 radical (unpaired) electrons. The van der Waals surface area contributed by atoms with Crippen LogP contribution < -0.4 is 5.32 Å². The van der Waals surface area contributed by atoms with Gasteiger partial charge in [-0.2, -0.15) is 11.8 Å². The second kappa shape index (κ2) is 7.19. The fourth-order valence-electron chi connectivity index (χ4n) is 1.82. The van der Waals surface area contributed by atoms with Gasteiger partial charge >= 0.3 is 0 Å². The van der Waals surface area contributed by atoms with Gasteiger partial charge in [0.25, 0.3) is 0 Å². The van der Waals surface area contributed by atoms with Gasteiger partial charge < -0.3 is 5.32 Å². The third-order valence-electron chi connectivity index (χ3n) is 2.95. The minimum absolute atomic E-state index is 0.189. The standard InChI is InChI=1S/C16H18FNS/c1-13-6-2-3-7-14(13)12-19-11-10-18-16-9-5-4-8-15(16)17/h2-9,18H,10-12H2,1H3. The Labute approximate surface area is 118 Å². The molecule has 2 aromatic rings. The first-order valence-electron chi connectivity index (χ1n) is 6.38. The van der Waals surface area contributed by atoms with E-state index in [-0.39, 0.29) is 5.82 Å². The van der Waals surface area contributed by atoms with Gasteiger partial charge in [-0.15, -0.1) is 0 Å². The highest BCUT2D eigenvalue weighted by Crippen LogP contribution is 2.16. The van der Waals surface area contributed by atoms with E-state index in [2.05, 4.69) is 36.5 Å². The molecule has 0 heterocycles. The normalized spacial score (nSPS) is 10.4. The number of benzene rings is 2. The average Bonchev–Trinajstić information content (AvgIpc) is 2.42. The molecule has 0 fully saturated rings. The van der Waals surface area contributed by atoms with E-state index in [1.165, 1.54) is 17.2 Å². The van der Waals surface area contributed by atoms with Crippen molar-refractivity contribution in [3.8, 4) is 0 Å². The lowest BCUT2D eigenvalue weighted by Crippen LogP contribution is -2.05. The molecule has 0 aliphatic rings. The summed E-state index contributed by atoms with van der Waals surface area (Å²) in [7, 11) is 0. The van der Waals surface area contributed by atoms with Crippen molar-refractivity contribution in [3.05, 3.63) is 65.5 Å². The average molecular weight is 275 g/mol. The molecule has 19 heavy (non-hydrogen) atoms. The zero-order valence-corrected chi connectivity index (χ0v) is 11.8. The Bertz CT molecular complexity index is 480. The molecule has 0 saturated heterocycles. The molecular formula is C16H18FNS. The first kappa shape index (κ1) is 13.9. The smallest absolute Gasteiger partial charge is 0.146 e. The summed E-state index contributed by atoms with van der Waals surface area (Å²) in [5.74, 6) is 1.78. The lowest BCUT2D eigenvalue weighted by atomic mass is 10.1. The van der Waals surface area contributed by atoms with Crippen molar-refractivity contribution in [1.82, 2.24) is 0 Å². The number of aryl methyl sites for hydroxylation is 1. The lowest BCUT2D eigenvalue weighted by molar-refractivity contribution is 0.630. The Morgan fingerprint density at radius 2 is 1.79 bits per heavy atom. The number of para-hydroxylation sites is 1. The van der Waals surface area contributed by atoms with Crippen LogP contribution in [0, 0.1) is 12.7 Å². The zero-order chi connectivity index (χ0) is 13.5. The molecule has 2 aromatic carbocycles. The fourth-order valence-corrected chi connectivity index (χ4v) is 2.75. The summed E-state index contributed by atoms with van der Waals surface area (Å²) >= 11 is 1.86. The molecule has 0 unspecified atom stereocenters. The van der Waals surface area contributed by atoms with E-state index in [4.69, 9.17) is 0 Å². The van der Waals surface area contributed by atoms with Crippen LogP contribution in [0.3, 0.4) is 0 Å². The quantitative estimate of drug-likeness (QED) is 0.780. The molecule has 0 aromatic heterocycles. The van der Waals surface area contributed by atoms with Gasteiger partial charge in [0.2, 0.25) is 0 Å². The monoisotopic (exact) mass is 275 g/mol. The van der Waals surface area contributed by atoms with Gasteiger partial charge in [0.05, 0.1) is 5.69 Å². The van der Waals surface area contributed by atoms with E-state index < -0.39 is 0 Å². The predicted molar refractivity (Wildman–Crippen MR) is 82.2 cm³/mol. The van der Waals surface area contributed by atoms with Crippen LogP contribution in [-0.4, -0.2) is 12.3 Å². The van der Waals surface area contributed by atoms with Crippen molar-refractivity contribution in [2.45, 2.75) is 12.7 Å². The summed E-state index contributed by atoms with van der Waals surface area (Å²) in [6.45, 7) is 2.91. The van der Waals surface area contributed by atoms with Crippen LogP contribution >= 0.6 is 11.8 Å². The summed E-state index contributed by atoms with van der Waals surface area (Å²) in [5.41, 5.74) is 3.29. The molecule has 0 bridgehead atoms. The third-order valence-corrected chi connectivity index (χ3v) is 3.96. The second-order valence-electron chi connectivity index (χ2n) is 4.39. The van der Waals surface area contributed by atoms with Gasteiger partial charge in [-0.25, -0.2) is 4.39 Å². The zero-order valence-electron chi connectivity index (χ0n) is 11.0. The third kappa shape index (κ3) is 4.28. The van der Waals surface area contributed by atoms with Crippen molar-refractivity contribution in [3.63, 3.8) is 0 Å². The number of hydrogen-bond acceptors (Lipinski definition) is 2. The molecule has 0 spiro atoms. The predicted octanol–water partition coefficient (Wildman–Crippen LogP) is 4.48. The van der Waals surface area contributed by atoms with Crippen molar-refractivity contribution in [1.29, 1.82) is 0 Å². The maximum Gasteiger partial charge on any atom is 0.146 e. The highest BCUT2D eigenvalue weighted by atomic mass is 32.2. The second-order valence-corrected chi connectivity index (χ2v) is 5.49. The summed E-state index contributed by atoms with van der Waals surface area (Å²) in [6.07, 6.45) is 0. The van der Waals surface area contributed by atoms with E-state index in [1.807, 2.05) is 17.8 Å². The number of rotatable bonds is 6. The molecule has 2 rings (SSSR count). The van der Waals surface area contributed by atoms with Crippen LogP contribution in [0.15, 0.2) is 48.5 Å². The van der Waals surface area contributed by atoms with Crippen molar-refractivity contribution in [2.24, 2.45) is 0 Å². The Kier molecular flexibility index (Phi) is 5.28. The topological polar surface area (TPSA) is 12.0 Å². The Hall–Kier alpha value is -1.48. The lowest BCUT2D eigenvalue weighted by Gasteiger charge is -2.08. The Morgan fingerprint density at radius 3 is 2.58 bits per heavy atom. The molecule has 0 aliphatic heterocycles. The Balaban J connectivity index is 1.71. The number of hydrogen-bond donors (Lipinski definition) is 1. The first-order chi connectivity index (χ1) is 9.27. The highest BCUT2D eigenvalue weighted by molar-refractivity contribution is 7.98. The van der Waals surface area contributed by atoms with Crippen LogP contribution in [0.5, 0.6) is 0 Å². The van der Waals surface area contributed by atoms with Crippen molar-refractivity contribution in [2.75, 3.05) is 17.6 Å². The van der Waals surface area contributed by atoms with Crippen molar-refractivity contribution < 1.29 is 4.39 Å². The summed E-state index contributed by atoms with van der Waals surface area (Å²) in [4.78, 5) is 0. The van der Waals surface area contributed by atoms with E-state index >= 15 is 0 Å². The largest absolute Gasteiger partial charge is 0.382 e. The first-order valence-corrected chi connectivity index (χ1v) is 7.53. The molecule has 1 N–H and O–H groups in total. The molecular weight excluding hydrogens is 257 g/mol. The Morgan fingerprint density at radius 1 is 1.05 bits per heavy atom. The van der Waals surface area contributed by atoms with Crippen LogP contribution in [0.25, 0.3) is 0 Å². The van der Waals surface area contributed by atoms with Gasteiger partial charge in [0.15, 0.2) is 0 Å². The van der Waals surface area contributed by atoms with Gasteiger partial charge in [-0.1, -0.05) is 36.4 Å². The molecule has 0 aliphatic carbocycles. The van der Waals surface area contributed by atoms with Crippen LogP contribution in [-0.2, 0) is 5.75 Å².